The molecule has 2 N–H and O–H groups in total. The van der Waals surface area contributed by atoms with E-state index in [2.05, 4.69) is 38.2 Å². The van der Waals surface area contributed by atoms with Gasteiger partial charge in [-0.3, -0.25) is 0 Å². The van der Waals surface area contributed by atoms with Crippen LogP contribution in [0, 0.1) is 5.92 Å². The molecule has 1 rings (SSSR count). The van der Waals surface area contributed by atoms with Gasteiger partial charge in [-0.25, -0.2) is 0 Å². The lowest BCUT2D eigenvalue weighted by Gasteiger charge is -2.17. The molecule has 0 aromatic heterocycles. The summed E-state index contributed by atoms with van der Waals surface area (Å²) in [6.45, 7) is 7.65. The highest BCUT2D eigenvalue weighted by Crippen LogP contribution is 2.06. The van der Waals surface area contributed by atoms with Crippen molar-refractivity contribution < 1.29 is 5.11 Å². The molecule has 15 heavy (non-hydrogen) atoms. The number of hydrogen-bond donors (Lipinski definition) is 2. The maximum atomic E-state index is 8.90. The number of aliphatic hydroxyl groups is 1. The summed E-state index contributed by atoms with van der Waals surface area (Å²) >= 11 is 0. The Balaban J connectivity index is 2.44. The summed E-state index contributed by atoms with van der Waals surface area (Å²) < 4.78 is 0. The smallest absolute Gasteiger partial charge is 0.0681 e. The summed E-state index contributed by atoms with van der Waals surface area (Å²) in [7, 11) is 0. The van der Waals surface area contributed by atoms with Crippen molar-refractivity contribution in [2.24, 2.45) is 5.92 Å². The zero-order chi connectivity index (χ0) is 11.3. The van der Waals surface area contributed by atoms with Crippen molar-refractivity contribution in [1.29, 1.82) is 0 Å². The van der Waals surface area contributed by atoms with Crippen LogP contribution in [0.4, 0.5) is 0 Å². The van der Waals surface area contributed by atoms with Crippen LogP contribution in [0.1, 0.15) is 31.9 Å². The van der Waals surface area contributed by atoms with Gasteiger partial charge in [0, 0.05) is 12.6 Å². The van der Waals surface area contributed by atoms with Crippen molar-refractivity contribution in [3.63, 3.8) is 0 Å². The Bertz CT molecular complexity index is 279. The number of nitrogens with one attached hydrogen (secondary N) is 1. The second-order valence-electron chi connectivity index (χ2n) is 4.39. The molecular formula is C13H21NO. The summed E-state index contributed by atoms with van der Waals surface area (Å²) in [5.74, 6) is 0.654. The molecule has 1 atom stereocenters. The maximum Gasteiger partial charge on any atom is 0.0681 e. The summed E-state index contributed by atoms with van der Waals surface area (Å²) in [6.07, 6.45) is 0. The van der Waals surface area contributed by atoms with Crippen LogP contribution in [0.15, 0.2) is 24.3 Å². The molecule has 2 heteroatoms. The van der Waals surface area contributed by atoms with Gasteiger partial charge in [0.15, 0.2) is 0 Å². The number of hydrogen-bond acceptors (Lipinski definition) is 2. The quantitative estimate of drug-likeness (QED) is 0.776. The summed E-state index contributed by atoms with van der Waals surface area (Å²) in [5.41, 5.74) is 2.23. The van der Waals surface area contributed by atoms with E-state index in [1.807, 2.05) is 12.1 Å². The van der Waals surface area contributed by atoms with Gasteiger partial charge in [-0.1, -0.05) is 38.1 Å². The largest absolute Gasteiger partial charge is 0.392 e. The van der Waals surface area contributed by atoms with Crippen LogP contribution in [0.5, 0.6) is 0 Å². The fourth-order valence-corrected chi connectivity index (χ4v) is 1.28. The zero-order valence-electron chi connectivity index (χ0n) is 9.83. The molecule has 1 unspecified atom stereocenters. The first kappa shape index (κ1) is 12.2. The first-order chi connectivity index (χ1) is 7.13. The summed E-state index contributed by atoms with van der Waals surface area (Å²) in [6, 6.07) is 8.59. The van der Waals surface area contributed by atoms with Crippen LogP contribution in [-0.4, -0.2) is 11.1 Å². The molecule has 0 fully saturated rings. The predicted molar refractivity (Wildman–Crippen MR) is 63.5 cm³/mol. The summed E-state index contributed by atoms with van der Waals surface area (Å²) in [4.78, 5) is 0. The maximum absolute atomic E-state index is 8.90. The van der Waals surface area contributed by atoms with Crippen molar-refractivity contribution in [2.45, 2.75) is 40.0 Å². The molecule has 0 aliphatic carbocycles. The van der Waals surface area contributed by atoms with Crippen LogP contribution in [0.2, 0.25) is 0 Å². The molecule has 2 nitrogen and oxygen atoms in total. The average molecular weight is 207 g/mol. The first-order valence-corrected chi connectivity index (χ1v) is 5.55. The number of aliphatic hydroxyl groups excluding tert-OH is 1. The third-order valence-electron chi connectivity index (χ3n) is 2.83. The fourth-order valence-electron chi connectivity index (χ4n) is 1.28. The van der Waals surface area contributed by atoms with E-state index in [4.69, 9.17) is 5.11 Å². The Morgan fingerprint density at radius 1 is 1.07 bits per heavy atom. The molecule has 0 radical (unpaired) electrons. The van der Waals surface area contributed by atoms with Gasteiger partial charge in [-0.05, 0) is 24.0 Å². The Kier molecular flexibility index (Phi) is 4.79. The molecule has 1 aromatic carbocycles. The Morgan fingerprint density at radius 3 is 2.07 bits per heavy atom. The SMILES string of the molecule is CC(C)C(C)NCc1ccc(CO)cc1. The zero-order valence-corrected chi connectivity index (χ0v) is 9.83. The average Bonchev–Trinajstić information content (AvgIpc) is 2.26. The summed E-state index contributed by atoms with van der Waals surface area (Å²) in [5, 5.41) is 12.4. The van der Waals surface area contributed by atoms with Crippen LogP contribution in [-0.2, 0) is 13.2 Å². The van der Waals surface area contributed by atoms with E-state index in [9.17, 15) is 0 Å². The standard InChI is InChI=1S/C13H21NO/c1-10(2)11(3)14-8-12-4-6-13(9-15)7-5-12/h4-7,10-11,14-15H,8-9H2,1-3H3. The molecule has 1 aromatic rings. The normalized spacial score (nSPS) is 13.1. The molecule has 0 saturated heterocycles. The molecule has 0 heterocycles. The monoisotopic (exact) mass is 207 g/mol. The lowest BCUT2D eigenvalue weighted by Crippen LogP contribution is -2.30. The second-order valence-corrected chi connectivity index (χ2v) is 4.39. The van der Waals surface area contributed by atoms with E-state index in [0.717, 1.165) is 12.1 Å². The first-order valence-electron chi connectivity index (χ1n) is 5.55. The van der Waals surface area contributed by atoms with Gasteiger partial charge in [-0.2, -0.15) is 0 Å². The van der Waals surface area contributed by atoms with E-state index in [0.29, 0.717) is 12.0 Å². The van der Waals surface area contributed by atoms with Crippen molar-refractivity contribution in [2.75, 3.05) is 0 Å². The lowest BCUT2D eigenvalue weighted by molar-refractivity contribution is 0.282. The topological polar surface area (TPSA) is 32.3 Å². The highest BCUT2D eigenvalue weighted by Gasteiger charge is 2.05. The minimum Gasteiger partial charge on any atom is -0.392 e. The predicted octanol–water partition coefficient (Wildman–Crippen LogP) is 2.31. The molecule has 0 amide bonds. The third-order valence-corrected chi connectivity index (χ3v) is 2.83. The Hall–Kier alpha value is -0.860. The Morgan fingerprint density at radius 2 is 1.60 bits per heavy atom. The highest BCUT2D eigenvalue weighted by atomic mass is 16.3. The van der Waals surface area contributed by atoms with Gasteiger partial charge in [0.1, 0.15) is 0 Å². The fraction of sp³-hybridized carbons (Fsp3) is 0.538. The van der Waals surface area contributed by atoms with E-state index < -0.39 is 0 Å². The van der Waals surface area contributed by atoms with Gasteiger partial charge in [0.2, 0.25) is 0 Å². The van der Waals surface area contributed by atoms with Gasteiger partial charge >= 0.3 is 0 Å². The van der Waals surface area contributed by atoms with Gasteiger partial charge in [0.05, 0.1) is 6.61 Å². The van der Waals surface area contributed by atoms with E-state index in [1.54, 1.807) is 0 Å². The van der Waals surface area contributed by atoms with Gasteiger partial charge in [-0.15, -0.1) is 0 Å². The molecule has 0 spiro atoms. The van der Waals surface area contributed by atoms with Crippen molar-refractivity contribution in [3.05, 3.63) is 35.4 Å². The molecule has 84 valence electrons. The second kappa shape index (κ2) is 5.89. The lowest BCUT2D eigenvalue weighted by atomic mass is 10.1. The molecule has 0 saturated carbocycles. The van der Waals surface area contributed by atoms with Crippen molar-refractivity contribution >= 4 is 0 Å². The third kappa shape index (κ3) is 4.02. The van der Waals surface area contributed by atoms with Crippen molar-refractivity contribution in [3.8, 4) is 0 Å². The van der Waals surface area contributed by atoms with E-state index in [1.165, 1.54) is 5.56 Å². The molecular weight excluding hydrogens is 186 g/mol. The van der Waals surface area contributed by atoms with E-state index in [-0.39, 0.29) is 6.61 Å². The molecule has 0 bridgehead atoms. The minimum absolute atomic E-state index is 0.121. The van der Waals surface area contributed by atoms with Crippen molar-refractivity contribution in [1.82, 2.24) is 5.32 Å². The van der Waals surface area contributed by atoms with E-state index >= 15 is 0 Å². The van der Waals surface area contributed by atoms with Gasteiger partial charge in [0.25, 0.3) is 0 Å². The Labute approximate surface area is 92.3 Å². The van der Waals surface area contributed by atoms with Crippen LogP contribution < -0.4 is 5.32 Å². The van der Waals surface area contributed by atoms with Gasteiger partial charge < -0.3 is 10.4 Å². The number of benzene rings is 1. The number of rotatable bonds is 5. The molecule has 0 aliphatic rings. The molecule has 0 aliphatic heterocycles. The minimum atomic E-state index is 0.121. The van der Waals surface area contributed by atoms with Crippen LogP contribution >= 0.6 is 0 Å². The van der Waals surface area contributed by atoms with Crippen LogP contribution in [0.25, 0.3) is 0 Å². The van der Waals surface area contributed by atoms with Crippen LogP contribution in [0.3, 0.4) is 0 Å². The highest BCUT2D eigenvalue weighted by molar-refractivity contribution is 5.21.